The van der Waals surface area contributed by atoms with Crippen molar-refractivity contribution in [3.8, 4) is 0 Å². The Labute approximate surface area is 133 Å². The van der Waals surface area contributed by atoms with E-state index in [1.807, 2.05) is 17.9 Å². The molecule has 2 aromatic rings. The Bertz CT molecular complexity index is 702. The zero-order valence-electron chi connectivity index (χ0n) is 13.0. The van der Waals surface area contributed by atoms with Gasteiger partial charge in [0.05, 0.1) is 31.3 Å². The van der Waals surface area contributed by atoms with Gasteiger partial charge in [-0.1, -0.05) is 5.16 Å². The molecule has 1 aliphatic heterocycles. The third kappa shape index (κ3) is 3.31. The highest BCUT2D eigenvalue weighted by molar-refractivity contribution is 5.87. The van der Waals surface area contributed by atoms with Crippen LogP contribution in [0.3, 0.4) is 0 Å². The van der Waals surface area contributed by atoms with Crippen molar-refractivity contribution < 1.29 is 19.2 Å². The maximum Gasteiger partial charge on any atom is 0.358 e. The molecule has 122 valence electrons. The number of esters is 1. The molecular formula is C15H18N4O4. The van der Waals surface area contributed by atoms with Crippen LogP contribution in [0, 0.1) is 12.8 Å². The molecule has 1 fully saturated rings. The van der Waals surface area contributed by atoms with Crippen molar-refractivity contribution in [2.75, 3.05) is 25.1 Å². The maximum atomic E-state index is 11.5. The number of nitrogens with zero attached hydrogens (tertiary/aromatic N) is 4. The minimum atomic E-state index is -0.534. The van der Waals surface area contributed by atoms with Crippen LogP contribution in [-0.4, -0.2) is 52.5 Å². The molecule has 3 heterocycles. The summed E-state index contributed by atoms with van der Waals surface area (Å²) in [7, 11) is 1.30. The van der Waals surface area contributed by atoms with Gasteiger partial charge < -0.3 is 19.3 Å². The van der Waals surface area contributed by atoms with Crippen molar-refractivity contribution in [1.82, 2.24) is 15.1 Å². The summed E-state index contributed by atoms with van der Waals surface area (Å²) >= 11 is 0. The molecule has 1 saturated heterocycles. The van der Waals surface area contributed by atoms with E-state index in [2.05, 4.69) is 19.9 Å². The summed E-state index contributed by atoms with van der Waals surface area (Å²) in [6, 6.07) is 1.87. The van der Waals surface area contributed by atoms with E-state index in [0.29, 0.717) is 25.3 Å². The number of carbonyl (C=O) groups is 1. The topological polar surface area (TPSA) is 102 Å². The van der Waals surface area contributed by atoms with Gasteiger partial charge in [0.2, 0.25) is 0 Å². The number of β-amino-alcohol motifs (C(OH)–C–C–N with tert-alkyl or cyclic N) is 1. The molecule has 0 saturated carbocycles. The van der Waals surface area contributed by atoms with E-state index < -0.39 is 12.1 Å². The van der Waals surface area contributed by atoms with Crippen molar-refractivity contribution in [1.29, 1.82) is 0 Å². The van der Waals surface area contributed by atoms with Crippen LogP contribution >= 0.6 is 0 Å². The number of hydrogen-bond acceptors (Lipinski definition) is 8. The second-order valence-corrected chi connectivity index (χ2v) is 5.63. The smallest absolute Gasteiger partial charge is 0.358 e. The molecule has 8 heteroatoms. The standard InChI is InChI=1S/C15H18N4O4/c1-9-3-11(23-18-9)4-10-7-19(8-13(10)20)14-6-16-5-12(17-14)15(21)22-2/h3,5-6,10,13,20H,4,7-8H2,1-2H3/t10-,13+/m1/s1. The van der Waals surface area contributed by atoms with E-state index in [0.717, 1.165) is 11.5 Å². The Hall–Kier alpha value is -2.48. The highest BCUT2D eigenvalue weighted by Crippen LogP contribution is 2.25. The predicted molar refractivity (Wildman–Crippen MR) is 80.0 cm³/mol. The minimum absolute atomic E-state index is 0.00549. The fourth-order valence-corrected chi connectivity index (χ4v) is 2.72. The van der Waals surface area contributed by atoms with Gasteiger partial charge in [0.15, 0.2) is 5.69 Å². The molecule has 0 unspecified atom stereocenters. The molecule has 0 aromatic carbocycles. The molecule has 2 aromatic heterocycles. The first kappa shape index (κ1) is 15.4. The van der Waals surface area contributed by atoms with Gasteiger partial charge in [-0.3, -0.25) is 4.98 Å². The highest BCUT2D eigenvalue weighted by atomic mass is 16.5. The van der Waals surface area contributed by atoms with Gasteiger partial charge in [0.25, 0.3) is 0 Å². The van der Waals surface area contributed by atoms with E-state index >= 15 is 0 Å². The van der Waals surface area contributed by atoms with Gasteiger partial charge in [-0.2, -0.15) is 0 Å². The molecule has 0 bridgehead atoms. The third-order valence-corrected chi connectivity index (χ3v) is 3.89. The van der Waals surface area contributed by atoms with Gasteiger partial charge in [-0.15, -0.1) is 0 Å². The number of aromatic nitrogens is 3. The number of methoxy groups -OCH3 is 1. The van der Waals surface area contributed by atoms with Crippen LogP contribution in [0.25, 0.3) is 0 Å². The Morgan fingerprint density at radius 2 is 2.30 bits per heavy atom. The highest BCUT2D eigenvalue weighted by Gasteiger charge is 2.33. The normalized spacial score (nSPS) is 20.7. The Morgan fingerprint density at radius 3 is 3.00 bits per heavy atom. The summed E-state index contributed by atoms with van der Waals surface area (Å²) in [5.41, 5.74) is 0.967. The average Bonchev–Trinajstić information content (AvgIpc) is 3.13. The van der Waals surface area contributed by atoms with E-state index in [1.165, 1.54) is 13.3 Å². The lowest BCUT2D eigenvalue weighted by Crippen LogP contribution is -2.23. The van der Waals surface area contributed by atoms with E-state index in [1.54, 1.807) is 6.20 Å². The summed E-state index contributed by atoms with van der Waals surface area (Å²) in [5.74, 6) is 0.768. The van der Waals surface area contributed by atoms with Gasteiger partial charge >= 0.3 is 5.97 Å². The number of aliphatic hydroxyl groups excluding tert-OH is 1. The first-order valence-corrected chi connectivity index (χ1v) is 7.32. The summed E-state index contributed by atoms with van der Waals surface area (Å²) in [6.45, 7) is 2.88. The molecule has 2 atom stereocenters. The number of ether oxygens (including phenoxy) is 1. The van der Waals surface area contributed by atoms with Crippen molar-refractivity contribution >= 4 is 11.8 Å². The van der Waals surface area contributed by atoms with E-state index in [4.69, 9.17) is 4.52 Å². The number of rotatable bonds is 4. The van der Waals surface area contributed by atoms with Crippen molar-refractivity contribution in [3.63, 3.8) is 0 Å². The number of anilines is 1. The fourth-order valence-electron chi connectivity index (χ4n) is 2.72. The van der Waals surface area contributed by atoms with Crippen LogP contribution in [0.1, 0.15) is 21.9 Å². The molecular weight excluding hydrogens is 300 g/mol. The SMILES string of the molecule is COC(=O)c1cncc(N2C[C@@H](Cc3cc(C)no3)[C@@H](O)C2)n1. The fraction of sp³-hybridized carbons (Fsp3) is 0.467. The van der Waals surface area contributed by atoms with Crippen LogP contribution in [0.2, 0.25) is 0 Å². The number of aliphatic hydroxyl groups is 1. The lowest BCUT2D eigenvalue weighted by atomic mass is 10.0. The molecule has 1 N–H and O–H groups in total. The Morgan fingerprint density at radius 1 is 1.48 bits per heavy atom. The Balaban J connectivity index is 1.72. The molecule has 0 aliphatic carbocycles. The monoisotopic (exact) mass is 318 g/mol. The van der Waals surface area contributed by atoms with E-state index in [-0.39, 0.29) is 11.6 Å². The van der Waals surface area contributed by atoms with Crippen molar-refractivity contribution in [3.05, 3.63) is 35.6 Å². The predicted octanol–water partition coefficient (Wildman–Crippen LogP) is 0.599. The van der Waals surface area contributed by atoms with Crippen LogP contribution in [0.5, 0.6) is 0 Å². The van der Waals surface area contributed by atoms with Gasteiger partial charge in [-0.05, 0) is 6.92 Å². The second kappa shape index (κ2) is 6.33. The molecule has 0 spiro atoms. The zero-order chi connectivity index (χ0) is 16.4. The van der Waals surface area contributed by atoms with Crippen molar-refractivity contribution in [2.45, 2.75) is 19.4 Å². The Kier molecular flexibility index (Phi) is 4.24. The van der Waals surface area contributed by atoms with Gasteiger partial charge in [-0.25, -0.2) is 9.78 Å². The summed E-state index contributed by atoms with van der Waals surface area (Å²) < 4.78 is 9.86. The van der Waals surface area contributed by atoms with E-state index in [9.17, 15) is 9.90 Å². The first-order chi connectivity index (χ1) is 11.1. The number of aryl methyl sites for hydroxylation is 1. The summed E-state index contributed by atoms with van der Waals surface area (Å²) in [5, 5.41) is 14.1. The maximum absolute atomic E-state index is 11.5. The molecule has 8 nitrogen and oxygen atoms in total. The molecule has 0 amide bonds. The largest absolute Gasteiger partial charge is 0.464 e. The van der Waals surface area contributed by atoms with Crippen LogP contribution < -0.4 is 4.90 Å². The summed E-state index contributed by atoms with van der Waals surface area (Å²) in [6.07, 6.45) is 3.02. The molecule has 3 rings (SSSR count). The van der Waals surface area contributed by atoms with Crippen LogP contribution in [-0.2, 0) is 11.2 Å². The molecule has 1 aliphatic rings. The third-order valence-electron chi connectivity index (χ3n) is 3.89. The van der Waals surface area contributed by atoms with Crippen molar-refractivity contribution in [2.24, 2.45) is 5.92 Å². The average molecular weight is 318 g/mol. The number of carbonyl (C=O) groups excluding carboxylic acids is 1. The van der Waals surface area contributed by atoms with Gasteiger partial charge in [0.1, 0.15) is 11.6 Å². The second-order valence-electron chi connectivity index (χ2n) is 5.63. The van der Waals surface area contributed by atoms with Gasteiger partial charge in [0, 0.05) is 31.5 Å². The minimum Gasteiger partial charge on any atom is -0.464 e. The zero-order valence-corrected chi connectivity index (χ0v) is 13.0. The molecule has 0 radical (unpaired) electrons. The quantitative estimate of drug-likeness (QED) is 0.818. The lowest BCUT2D eigenvalue weighted by Gasteiger charge is -2.16. The first-order valence-electron chi connectivity index (χ1n) is 7.32. The van der Waals surface area contributed by atoms with Crippen LogP contribution in [0.15, 0.2) is 23.0 Å². The van der Waals surface area contributed by atoms with Crippen LogP contribution in [0.4, 0.5) is 5.82 Å². The molecule has 23 heavy (non-hydrogen) atoms. The number of hydrogen-bond donors (Lipinski definition) is 1. The summed E-state index contributed by atoms with van der Waals surface area (Å²) in [4.78, 5) is 21.7. The lowest BCUT2D eigenvalue weighted by molar-refractivity contribution is 0.0593.